The number of nitrogens with zero attached hydrogens (tertiary/aromatic N) is 3. The molecule has 1 amide bonds. The molecule has 3 aromatic rings. The van der Waals surface area contributed by atoms with E-state index in [0.717, 1.165) is 66.1 Å². The van der Waals surface area contributed by atoms with Crippen LogP contribution in [0.4, 0.5) is 4.79 Å². The van der Waals surface area contributed by atoms with Crippen LogP contribution in [-0.2, 0) is 22.4 Å². The minimum atomic E-state index is -0.504. The third kappa shape index (κ3) is 7.39. The number of carbonyl (C=O) groups excluding carboxylic acids is 1. The first-order chi connectivity index (χ1) is 21.6. The molecule has 4 heterocycles. The van der Waals surface area contributed by atoms with E-state index in [0.29, 0.717) is 18.5 Å². The average molecular weight is 632 g/mol. The highest BCUT2D eigenvalue weighted by Gasteiger charge is 2.35. The summed E-state index contributed by atoms with van der Waals surface area (Å²) in [5.41, 5.74) is 7.06. The van der Waals surface area contributed by atoms with Crippen molar-refractivity contribution in [2.45, 2.75) is 85.3 Å². The van der Waals surface area contributed by atoms with Gasteiger partial charge in [0.2, 0.25) is 0 Å². The van der Waals surface area contributed by atoms with E-state index >= 15 is 0 Å². The van der Waals surface area contributed by atoms with Gasteiger partial charge >= 0.3 is 6.09 Å². The van der Waals surface area contributed by atoms with Gasteiger partial charge in [-0.05, 0) is 114 Å². The zero-order chi connectivity index (χ0) is 31.6. The fourth-order valence-electron chi connectivity index (χ4n) is 7.04. The van der Waals surface area contributed by atoms with E-state index in [2.05, 4.69) is 55.1 Å². The number of fused-ring (bicyclic) bond motifs is 1. The molecule has 7 nitrogen and oxygen atoms in total. The van der Waals surface area contributed by atoms with Crippen LogP contribution in [0.5, 0.6) is 5.75 Å². The van der Waals surface area contributed by atoms with Gasteiger partial charge in [-0.25, -0.2) is 9.78 Å². The van der Waals surface area contributed by atoms with E-state index in [1.54, 1.807) is 16.2 Å². The van der Waals surface area contributed by atoms with Crippen molar-refractivity contribution < 1.29 is 19.0 Å². The fraction of sp³-hybridized carbons (Fsp3) is 0.568. The largest absolute Gasteiger partial charge is 0.493 e. The van der Waals surface area contributed by atoms with Crippen molar-refractivity contribution in [3.8, 4) is 27.4 Å². The molecule has 0 radical (unpaired) electrons. The highest BCUT2D eigenvalue weighted by molar-refractivity contribution is 7.15. The van der Waals surface area contributed by atoms with E-state index in [1.807, 2.05) is 20.8 Å². The topological polar surface area (TPSA) is 64.1 Å². The van der Waals surface area contributed by atoms with Crippen LogP contribution in [0.2, 0.25) is 0 Å². The van der Waals surface area contributed by atoms with E-state index < -0.39 is 5.60 Å². The number of benzene rings is 2. The summed E-state index contributed by atoms with van der Waals surface area (Å²) >= 11 is 1.69. The van der Waals surface area contributed by atoms with Gasteiger partial charge in [-0.1, -0.05) is 30.3 Å². The number of hydrogen-bond acceptors (Lipinski definition) is 7. The summed E-state index contributed by atoms with van der Waals surface area (Å²) < 4.78 is 17.6. The Hall–Kier alpha value is -2.94. The van der Waals surface area contributed by atoms with E-state index in [9.17, 15) is 4.79 Å². The average Bonchev–Trinajstić information content (AvgIpc) is 3.44. The molecule has 2 saturated heterocycles. The number of carbonyl (C=O) groups is 1. The predicted octanol–water partition coefficient (Wildman–Crippen LogP) is 8.05. The molecule has 242 valence electrons. The highest BCUT2D eigenvalue weighted by Crippen LogP contribution is 2.41. The standard InChI is InChI=1S/C37H49N3O4S/c1-26-28(9-6-11-30(26)34-38-31-13-19-40(25-33(31)45-34)35(41)44-36(3,4)5)29-10-7-12-32(27(29)2)43-22-8-18-39-20-14-37(15-21-39)16-23-42-24-17-37/h6-7,9-12H,8,13-25H2,1-5H3. The van der Waals surface area contributed by atoms with Crippen LogP contribution in [0.15, 0.2) is 36.4 Å². The molecule has 6 rings (SSSR count). The third-order valence-electron chi connectivity index (χ3n) is 9.87. The van der Waals surface area contributed by atoms with Gasteiger partial charge < -0.3 is 24.0 Å². The Kier molecular flexibility index (Phi) is 9.55. The summed E-state index contributed by atoms with van der Waals surface area (Å²) in [4.78, 5) is 23.3. The summed E-state index contributed by atoms with van der Waals surface area (Å²) in [5, 5.41) is 1.01. The van der Waals surface area contributed by atoms with Crippen LogP contribution in [-0.4, -0.2) is 72.5 Å². The van der Waals surface area contributed by atoms with Crippen molar-refractivity contribution in [1.82, 2.24) is 14.8 Å². The monoisotopic (exact) mass is 631 g/mol. The van der Waals surface area contributed by atoms with E-state index in [1.165, 1.54) is 61.0 Å². The quantitative estimate of drug-likeness (QED) is 0.246. The van der Waals surface area contributed by atoms with Crippen LogP contribution in [0, 0.1) is 19.3 Å². The number of amides is 1. The first-order valence-electron chi connectivity index (χ1n) is 16.7. The Balaban J connectivity index is 1.09. The second-order valence-corrected chi connectivity index (χ2v) is 15.2. The molecule has 3 aliphatic rings. The second kappa shape index (κ2) is 13.4. The molecule has 0 unspecified atom stereocenters. The SMILES string of the molecule is Cc1c(OCCCN2CCC3(CCOCC3)CC2)cccc1-c1cccc(-c2nc3c(s2)CN(C(=O)OC(C)(C)C)CC3)c1C. The summed E-state index contributed by atoms with van der Waals surface area (Å²) in [7, 11) is 0. The van der Waals surface area contributed by atoms with Crippen LogP contribution < -0.4 is 4.74 Å². The molecule has 3 aliphatic heterocycles. The summed E-state index contributed by atoms with van der Waals surface area (Å²) in [6.07, 6.45) is 6.62. The lowest BCUT2D eigenvalue weighted by atomic mass is 9.72. The van der Waals surface area contributed by atoms with Crippen LogP contribution >= 0.6 is 11.3 Å². The second-order valence-electron chi connectivity index (χ2n) is 14.1. The van der Waals surface area contributed by atoms with Gasteiger partial charge in [0.05, 0.1) is 18.8 Å². The molecule has 1 aromatic heterocycles. The first kappa shape index (κ1) is 32.0. The van der Waals surface area contributed by atoms with Gasteiger partial charge in [-0.15, -0.1) is 11.3 Å². The van der Waals surface area contributed by atoms with Gasteiger partial charge in [-0.2, -0.15) is 0 Å². The number of rotatable bonds is 7. The Bertz CT molecular complexity index is 1490. The van der Waals surface area contributed by atoms with E-state index in [-0.39, 0.29) is 6.09 Å². The Morgan fingerprint density at radius 2 is 1.64 bits per heavy atom. The molecular weight excluding hydrogens is 582 g/mol. The van der Waals surface area contributed by atoms with Crippen molar-refractivity contribution in [3.63, 3.8) is 0 Å². The summed E-state index contributed by atoms with van der Waals surface area (Å²) in [6.45, 7) is 17.4. The molecule has 2 aromatic carbocycles. The van der Waals surface area contributed by atoms with Gasteiger partial charge in [-0.3, -0.25) is 0 Å². The first-order valence-corrected chi connectivity index (χ1v) is 17.5. The molecule has 8 heteroatoms. The lowest BCUT2D eigenvalue weighted by Gasteiger charge is -2.44. The Morgan fingerprint density at radius 1 is 0.956 bits per heavy atom. The van der Waals surface area contributed by atoms with Crippen molar-refractivity contribution in [1.29, 1.82) is 0 Å². The molecule has 0 aliphatic carbocycles. The van der Waals surface area contributed by atoms with Crippen molar-refractivity contribution in [2.24, 2.45) is 5.41 Å². The van der Waals surface area contributed by atoms with Crippen LogP contribution in [0.25, 0.3) is 21.7 Å². The number of ether oxygens (including phenoxy) is 3. The zero-order valence-electron chi connectivity index (χ0n) is 27.7. The molecular formula is C37H49N3O4S. The van der Waals surface area contributed by atoms with E-state index in [4.69, 9.17) is 19.2 Å². The zero-order valence-corrected chi connectivity index (χ0v) is 28.6. The van der Waals surface area contributed by atoms with Crippen molar-refractivity contribution in [2.75, 3.05) is 46.0 Å². The van der Waals surface area contributed by atoms with Gasteiger partial charge in [0.15, 0.2) is 0 Å². The third-order valence-corrected chi connectivity index (χ3v) is 11.0. The number of thiazole rings is 1. The number of aromatic nitrogens is 1. The molecule has 0 N–H and O–H groups in total. The number of likely N-dealkylation sites (tertiary alicyclic amines) is 1. The predicted molar refractivity (Wildman–Crippen MR) is 181 cm³/mol. The number of piperidine rings is 1. The minimum Gasteiger partial charge on any atom is -0.493 e. The molecule has 0 saturated carbocycles. The lowest BCUT2D eigenvalue weighted by molar-refractivity contribution is -0.0209. The smallest absolute Gasteiger partial charge is 0.410 e. The van der Waals surface area contributed by atoms with Crippen molar-refractivity contribution in [3.05, 3.63) is 58.1 Å². The molecule has 1 spiro atoms. The lowest BCUT2D eigenvalue weighted by Crippen LogP contribution is -2.43. The minimum absolute atomic E-state index is 0.256. The van der Waals surface area contributed by atoms with Crippen LogP contribution in [0.1, 0.15) is 74.6 Å². The maximum Gasteiger partial charge on any atom is 0.410 e. The maximum absolute atomic E-state index is 12.7. The van der Waals surface area contributed by atoms with Gasteiger partial charge in [0.25, 0.3) is 0 Å². The summed E-state index contributed by atoms with van der Waals surface area (Å²) in [6, 6.07) is 12.9. The number of hydrogen-bond donors (Lipinski definition) is 0. The highest BCUT2D eigenvalue weighted by atomic mass is 32.1. The van der Waals surface area contributed by atoms with Crippen LogP contribution in [0.3, 0.4) is 0 Å². The summed E-state index contributed by atoms with van der Waals surface area (Å²) in [5.74, 6) is 0.962. The van der Waals surface area contributed by atoms with Crippen molar-refractivity contribution >= 4 is 17.4 Å². The Morgan fingerprint density at radius 3 is 2.38 bits per heavy atom. The molecule has 2 fully saturated rings. The Labute approximate surface area is 272 Å². The molecule has 0 atom stereocenters. The van der Waals surface area contributed by atoms with Gasteiger partial charge in [0, 0.05) is 43.2 Å². The normalized spacial score (nSPS) is 18.6. The molecule has 0 bridgehead atoms. The fourth-order valence-corrected chi connectivity index (χ4v) is 8.25. The maximum atomic E-state index is 12.7. The molecule has 45 heavy (non-hydrogen) atoms. The van der Waals surface area contributed by atoms with Gasteiger partial charge in [0.1, 0.15) is 16.4 Å².